The van der Waals surface area contributed by atoms with Crippen LogP contribution in [0.4, 0.5) is 5.69 Å². The Hall–Kier alpha value is -2.02. The first-order chi connectivity index (χ1) is 10.5. The fourth-order valence-corrected chi connectivity index (χ4v) is 4.37. The number of hydrogen-bond acceptors (Lipinski definition) is 4. The molecule has 0 spiro atoms. The number of carbonyl (C=O) groups excluding carboxylic acids is 1. The van der Waals surface area contributed by atoms with Crippen molar-refractivity contribution in [1.82, 2.24) is 0 Å². The Bertz CT molecular complexity index is 741. The maximum Gasteiger partial charge on any atom is 0.266 e. The Morgan fingerprint density at radius 2 is 2.05 bits per heavy atom. The van der Waals surface area contributed by atoms with E-state index in [1.54, 1.807) is 13.1 Å². The Labute approximate surface area is 129 Å². The number of nitrogens with one attached hydrogen (secondary N) is 1. The average molecular weight is 320 g/mol. The number of benzene rings is 1. The van der Waals surface area contributed by atoms with Crippen LogP contribution in [0.2, 0.25) is 0 Å². The van der Waals surface area contributed by atoms with E-state index in [1.807, 2.05) is 30.3 Å². The van der Waals surface area contributed by atoms with Gasteiger partial charge in [0, 0.05) is 6.42 Å². The van der Waals surface area contributed by atoms with E-state index >= 15 is 0 Å². The number of rotatable bonds is 3. The molecule has 6 nitrogen and oxygen atoms in total. The second kappa shape index (κ2) is 5.64. The summed E-state index contributed by atoms with van der Waals surface area (Å²) in [7, 11) is -2.93. The van der Waals surface area contributed by atoms with E-state index < -0.39 is 15.8 Å². The van der Waals surface area contributed by atoms with Gasteiger partial charge in [0.15, 0.2) is 28.0 Å². The standard InChI is InChI=1S/C15H17N3O3S/c1-11-14(9-16-12-7-8-22(20,21)10-12)15(19)18(17-11)13-5-3-2-4-6-13/h2-6,9,12,14H,7-8,10H2,1H3/p+1/t12-,14+/m1/s1. The van der Waals surface area contributed by atoms with Gasteiger partial charge in [0.05, 0.1) is 17.2 Å². The van der Waals surface area contributed by atoms with Crippen molar-refractivity contribution in [2.75, 3.05) is 16.5 Å². The van der Waals surface area contributed by atoms with Crippen molar-refractivity contribution in [3.05, 3.63) is 30.3 Å². The van der Waals surface area contributed by atoms with Gasteiger partial charge in [0.1, 0.15) is 5.75 Å². The number of para-hydroxylation sites is 1. The molecule has 0 aromatic heterocycles. The highest BCUT2D eigenvalue weighted by Crippen LogP contribution is 2.22. The molecule has 1 amide bonds. The first kappa shape index (κ1) is 14.9. The molecule has 2 atom stereocenters. The summed E-state index contributed by atoms with van der Waals surface area (Å²) >= 11 is 0. The fraction of sp³-hybridized carbons (Fsp3) is 0.400. The third kappa shape index (κ3) is 2.94. The predicted molar refractivity (Wildman–Crippen MR) is 84.6 cm³/mol. The summed E-state index contributed by atoms with van der Waals surface area (Å²) in [5, 5.41) is 5.70. The van der Waals surface area contributed by atoms with Crippen molar-refractivity contribution in [2.45, 2.75) is 19.4 Å². The van der Waals surface area contributed by atoms with Crippen LogP contribution >= 0.6 is 0 Å². The van der Waals surface area contributed by atoms with Crippen LogP contribution in [-0.4, -0.2) is 43.8 Å². The lowest BCUT2D eigenvalue weighted by Crippen LogP contribution is -2.78. The number of hydrogen-bond donors (Lipinski definition) is 1. The number of sulfone groups is 1. The predicted octanol–water partition coefficient (Wildman–Crippen LogP) is -0.636. The van der Waals surface area contributed by atoms with Gasteiger partial charge in [-0.25, -0.2) is 13.4 Å². The van der Waals surface area contributed by atoms with Crippen LogP contribution in [0, 0.1) is 5.92 Å². The summed E-state index contributed by atoms with van der Waals surface area (Å²) in [5.41, 5.74) is 1.42. The van der Waals surface area contributed by atoms with Gasteiger partial charge < -0.3 is 0 Å². The van der Waals surface area contributed by atoms with Crippen LogP contribution < -0.4 is 10.0 Å². The maximum absolute atomic E-state index is 12.5. The van der Waals surface area contributed by atoms with Crippen LogP contribution in [0.3, 0.4) is 0 Å². The largest absolute Gasteiger partial charge is 0.271 e. The topological polar surface area (TPSA) is 80.8 Å². The monoisotopic (exact) mass is 320 g/mol. The van der Waals surface area contributed by atoms with Crippen molar-refractivity contribution < 1.29 is 18.2 Å². The molecule has 1 aromatic carbocycles. The molecule has 0 saturated carbocycles. The number of anilines is 1. The lowest BCUT2D eigenvalue weighted by molar-refractivity contribution is -0.492. The number of amides is 1. The molecule has 1 aromatic rings. The molecular formula is C15H18N3O3S+. The molecular weight excluding hydrogens is 302 g/mol. The molecule has 0 aliphatic carbocycles. The van der Waals surface area contributed by atoms with Crippen molar-refractivity contribution >= 4 is 33.4 Å². The van der Waals surface area contributed by atoms with Gasteiger partial charge in [-0.15, -0.1) is 0 Å². The normalized spacial score (nSPS) is 27.6. The highest BCUT2D eigenvalue weighted by Gasteiger charge is 2.37. The van der Waals surface area contributed by atoms with E-state index in [0.717, 1.165) is 5.69 Å². The van der Waals surface area contributed by atoms with Crippen LogP contribution in [0.25, 0.3) is 0 Å². The third-order valence-corrected chi connectivity index (χ3v) is 5.68. The maximum atomic E-state index is 12.5. The quantitative estimate of drug-likeness (QED) is 0.753. The summed E-state index contributed by atoms with van der Waals surface area (Å²) in [6.07, 6.45) is 2.26. The highest BCUT2D eigenvalue weighted by atomic mass is 32.2. The molecule has 2 aliphatic heterocycles. The van der Waals surface area contributed by atoms with Gasteiger partial charge >= 0.3 is 0 Å². The Morgan fingerprint density at radius 3 is 2.68 bits per heavy atom. The van der Waals surface area contributed by atoms with Gasteiger partial charge in [-0.05, 0) is 19.1 Å². The Kier molecular flexibility index (Phi) is 3.82. The van der Waals surface area contributed by atoms with Crippen LogP contribution in [-0.2, 0) is 14.6 Å². The zero-order chi connectivity index (χ0) is 15.7. The van der Waals surface area contributed by atoms with Gasteiger partial charge in [0.2, 0.25) is 0 Å². The third-order valence-electron chi connectivity index (χ3n) is 3.91. The lowest BCUT2D eigenvalue weighted by Gasteiger charge is -2.11. The minimum atomic E-state index is -2.93. The molecule has 1 saturated heterocycles. The Balaban J connectivity index is 1.74. The zero-order valence-corrected chi connectivity index (χ0v) is 13.1. The van der Waals surface area contributed by atoms with Crippen LogP contribution in [0.5, 0.6) is 0 Å². The first-order valence-electron chi connectivity index (χ1n) is 7.20. The molecule has 22 heavy (non-hydrogen) atoms. The van der Waals surface area contributed by atoms with Crippen molar-refractivity contribution in [3.8, 4) is 0 Å². The molecule has 1 N–H and O–H groups in total. The number of hydrazone groups is 1. The molecule has 2 aliphatic rings. The molecule has 0 bridgehead atoms. The summed E-state index contributed by atoms with van der Waals surface area (Å²) in [4.78, 5) is 15.5. The molecule has 0 radical (unpaired) electrons. The van der Waals surface area contributed by atoms with Crippen LogP contribution in [0.1, 0.15) is 13.3 Å². The van der Waals surface area contributed by atoms with E-state index in [1.165, 1.54) is 5.01 Å². The lowest BCUT2D eigenvalue weighted by atomic mass is 10.1. The van der Waals surface area contributed by atoms with E-state index in [4.69, 9.17) is 0 Å². The second-order valence-electron chi connectivity index (χ2n) is 5.64. The van der Waals surface area contributed by atoms with Gasteiger partial charge in [-0.1, -0.05) is 18.2 Å². The minimum Gasteiger partial charge on any atom is -0.271 e. The highest BCUT2D eigenvalue weighted by molar-refractivity contribution is 7.91. The van der Waals surface area contributed by atoms with Crippen molar-refractivity contribution in [2.24, 2.45) is 11.0 Å². The summed E-state index contributed by atoms with van der Waals surface area (Å²) in [6.45, 7) is 1.80. The average Bonchev–Trinajstić information content (AvgIpc) is 2.98. The molecule has 0 unspecified atom stereocenters. The number of nitrogens with zero attached hydrogens (tertiary/aromatic N) is 2. The van der Waals surface area contributed by atoms with Gasteiger partial charge in [-0.2, -0.15) is 10.1 Å². The molecule has 7 heteroatoms. The van der Waals surface area contributed by atoms with E-state index in [2.05, 4.69) is 10.1 Å². The molecule has 1 fully saturated rings. The fourth-order valence-electron chi connectivity index (χ4n) is 2.68. The van der Waals surface area contributed by atoms with Gasteiger partial charge in [-0.3, -0.25) is 4.79 Å². The second-order valence-corrected chi connectivity index (χ2v) is 7.87. The van der Waals surface area contributed by atoms with E-state index in [9.17, 15) is 13.2 Å². The van der Waals surface area contributed by atoms with Crippen molar-refractivity contribution in [3.63, 3.8) is 0 Å². The van der Waals surface area contributed by atoms with Gasteiger partial charge in [0.25, 0.3) is 5.91 Å². The summed E-state index contributed by atoms with van der Waals surface area (Å²) < 4.78 is 22.9. The van der Waals surface area contributed by atoms with E-state index in [-0.39, 0.29) is 23.5 Å². The molecule has 3 rings (SSSR count). The molecule has 2 heterocycles. The number of carbonyl (C=O) groups is 1. The van der Waals surface area contributed by atoms with Crippen molar-refractivity contribution in [1.29, 1.82) is 0 Å². The minimum absolute atomic E-state index is 0.114. The summed E-state index contributed by atoms with van der Waals surface area (Å²) in [6, 6.07) is 9.13. The smallest absolute Gasteiger partial charge is 0.266 e. The first-order valence-corrected chi connectivity index (χ1v) is 9.02. The Morgan fingerprint density at radius 1 is 1.32 bits per heavy atom. The SMILES string of the molecule is CC1=NN(c2ccccc2)C(=O)[C@H]1C=[NH+][C@@H]1CCS(=O)(=O)C1. The van der Waals surface area contributed by atoms with E-state index in [0.29, 0.717) is 12.1 Å². The molecule has 116 valence electrons. The summed E-state index contributed by atoms with van der Waals surface area (Å²) in [5.74, 6) is -0.246. The van der Waals surface area contributed by atoms with Crippen LogP contribution in [0.15, 0.2) is 35.4 Å². The zero-order valence-electron chi connectivity index (χ0n) is 12.3.